The van der Waals surface area contributed by atoms with E-state index in [1.54, 1.807) is 6.92 Å². The van der Waals surface area contributed by atoms with Crippen LogP contribution in [-0.2, 0) is 28.6 Å². The first-order chi connectivity index (χ1) is 18.2. The highest BCUT2D eigenvalue weighted by atomic mass is 16.6. The molecule has 2 aliphatic heterocycles. The lowest BCUT2D eigenvalue weighted by Crippen LogP contribution is -2.52. The second-order valence-electron chi connectivity index (χ2n) is 13.2. The Balaban J connectivity index is 1.60. The molecule has 7 nitrogen and oxygen atoms in total. The second-order valence-corrected chi connectivity index (χ2v) is 13.2. The normalized spacial score (nSPS) is 40.1. The van der Waals surface area contributed by atoms with Crippen LogP contribution in [0.25, 0.3) is 0 Å². The number of aliphatic hydroxyl groups is 1. The molecule has 5 aliphatic rings. The molecule has 8 atom stereocenters. The number of esters is 3. The molecule has 3 aliphatic carbocycles. The Labute approximate surface area is 231 Å². The van der Waals surface area contributed by atoms with Crippen molar-refractivity contribution in [3.63, 3.8) is 0 Å². The van der Waals surface area contributed by atoms with Gasteiger partial charge in [-0.3, -0.25) is 4.79 Å². The quantitative estimate of drug-likeness (QED) is 0.392. The molecule has 2 heterocycles. The number of allylic oxidation sites excluding steroid dienone is 1. The monoisotopic (exact) mass is 538 g/mol. The summed E-state index contributed by atoms with van der Waals surface area (Å²) in [6.45, 7) is 13.7. The van der Waals surface area contributed by atoms with Crippen LogP contribution in [0, 0.1) is 28.6 Å². The Kier molecular flexibility index (Phi) is 6.77. The molecule has 5 rings (SSSR count). The Morgan fingerprint density at radius 3 is 2.56 bits per heavy atom. The van der Waals surface area contributed by atoms with Crippen molar-refractivity contribution >= 4 is 17.9 Å². The van der Waals surface area contributed by atoms with Crippen molar-refractivity contribution in [2.45, 2.75) is 104 Å². The highest BCUT2D eigenvalue weighted by molar-refractivity contribution is 5.88. The minimum Gasteiger partial charge on any atom is -0.462 e. The molecule has 0 aromatic rings. The van der Waals surface area contributed by atoms with Crippen LogP contribution in [0.2, 0.25) is 0 Å². The lowest BCUT2D eigenvalue weighted by molar-refractivity contribution is -0.154. The number of hydrogen-bond acceptors (Lipinski definition) is 7. The fraction of sp³-hybridized carbons (Fsp3) is 0.656. The van der Waals surface area contributed by atoms with E-state index in [1.165, 1.54) is 13.0 Å². The van der Waals surface area contributed by atoms with Gasteiger partial charge < -0.3 is 19.3 Å². The average Bonchev–Trinajstić information content (AvgIpc) is 2.98. The van der Waals surface area contributed by atoms with Gasteiger partial charge >= 0.3 is 17.9 Å². The topological polar surface area (TPSA) is 99.1 Å². The van der Waals surface area contributed by atoms with Gasteiger partial charge in [0.2, 0.25) is 0 Å². The predicted octanol–water partition coefficient (Wildman–Crippen LogP) is 5.14. The summed E-state index contributed by atoms with van der Waals surface area (Å²) in [5.74, 6) is -0.927. The number of rotatable bonds is 3. The highest BCUT2D eigenvalue weighted by Gasteiger charge is 2.67. The van der Waals surface area contributed by atoms with Crippen molar-refractivity contribution in [3.8, 4) is 0 Å². The summed E-state index contributed by atoms with van der Waals surface area (Å²) >= 11 is 0. The summed E-state index contributed by atoms with van der Waals surface area (Å²) in [6, 6.07) is 0. The van der Waals surface area contributed by atoms with Crippen molar-refractivity contribution in [3.05, 3.63) is 46.6 Å². The number of fused-ring (bicyclic) bond motifs is 3. The van der Waals surface area contributed by atoms with Gasteiger partial charge in [-0.05, 0) is 74.9 Å². The number of carbonyl (C=O) groups is 3. The van der Waals surface area contributed by atoms with E-state index in [-0.39, 0.29) is 47.9 Å². The molecule has 0 spiro atoms. The molecule has 0 amide bonds. The molecule has 1 fully saturated rings. The first kappa shape index (κ1) is 27.9. The molecule has 0 radical (unpaired) electrons. The summed E-state index contributed by atoms with van der Waals surface area (Å²) in [5.41, 5.74) is 1.97. The number of cyclic esters (lactones) is 2. The summed E-state index contributed by atoms with van der Waals surface area (Å²) in [6.07, 6.45) is 9.19. The standard InChI is InChI=1S/C32H42O7/c1-17-8-12-26(38-29(17)36)18(2)24-15-27(37-19(3)33)32(7)23-11-10-22-20(9-13-28(35)39-30(22,4)5)14-21(23)25(34)16-31(24,32)6/h8-9,13-14,18,22,24-27,34H,10-12,15-16H2,1-7H3/t18-,22+,24+,25-,26?,27+,31+,32+/m0/s1. The summed E-state index contributed by atoms with van der Waals surface area (Å²) in [5, 5.41) is 11.7. The first-order valence-electron chi connectivity index (χ1n) is 14.3. The van der Waals surface area contributed by atoms with Gasteiger partial charge in [0.05, 0.1) is 6.10 Å². The maximum atomic E-state index is 12.4. The molecular weight excluding hydrogens is 496 g/mol. The smallest absolute Gasteiger partial charge is 0.333 e. The van der Waals surface area contributed by atoms with Gasteiger partial charge in [-0.2, -0.15) is 0 Å². The van der Waals surface area contributed by atoms with Gasteiger partial charge in [0, 0.05) is 36.3 Å². The molecular formula is C32H42O7. The molecule has 39 heavy (non-hydrogen) atoms. The SMILES string of the molecule is CC(=O)O[C@@H]1C[C@H]([C@H](C)C2CC=C(C)C(=O)O2)[C@@]2(C)C[C@H](O)C3=C(CC[C@@H]4C(=C3)C=CC(=O)OC4(C)C)[C@]12C. The fourth-order valence-electron chi connectivity index (χ4n) is 8.56. The van der Waals surface area contributed by atoms with Crippen LogP contribution >= 0.6 is 0 Å². The molecule has 1 saturated carbocycles. The third-order valence-electron chi connectivity index (χ3n) is 10.9. The van der Waals surface area contributed by atoms with Crippen LogP contribution < -0.4 is 0 Å². The van der Waals surface area contributed by atoms with Crippen LogP contribution in [-0.4, -0.2) is 46.9 Å². The Bertz CT molecular complexity index is 1220. The van der Waals surface area contributed by atoms with Gasteiger partial charge in [-0.15, -0.1) is 0 Å². The fourth-order valence-corrected chi connectivity index (χ4v) is 8.56. The number of aliphatic hydroxyl groups excluding tert-OH is 1. The molecule has 0 aromatic heterocycles. The molecule has 0 aromatic carbocycles. The first-order valence-corrected chi connectivity index (χ1v) is 14.3. The number of carbonyl (C=O) groups excluding carboxylic acids is 3. The summed E-state index contributed by atoms with van der Waals surface area (Å²) < 4.78 is 17.7. The van der Waals surface area contributed by atoms with E-state index >= 15 is 0 Å². The molecule has 1 unspecified atom stereocenters. The van der Waals surface area contributed by atoms with E-state index in [1.807, 2.05) is 26.0 Å². The lowest BCUT2D eigenvalue weighted by atomic mass is 9.51. The maximum Gasteiger partial charge on any atom is 0.333 e. The molecule has 0 saturated heterocycles. The van der Waals surface area contributed by atoms with E-state index in [2.05, 4.69) is 26.8 Å². The molecule has 1 N–H and O–H groups in total. The van der Waals surface area contributed by atoms with E-state index in [4.69, 9.17) is 14.2 Å². The summed E-state index contributed by atoms with van der Waals surface area (Å²) in [7, 11) is 0. The van der Waals surface area contributed by atoms with Crippen molar-refractivity contribution in [2.24, 2.45) is 28.6 Å². The molecule has 0 bridgehead atoms. The second kappa shape index (κ2) is 9.46. The van der Waals surface area contributed by atoms with Gasteiger partial charge in [0.1, 0.15) is 17.8 Å². The van der Waals surface area contributed by atoms with Crippen LogP contribution in [0.1, 0.15) is 80.6 Å². The largest absolute Gasteiger partial charge is 0.462 e. The molecule has 7 heteroatoms. The average molecular weight is 539 g/mol. The van der Waals surface area contributed by atoms with Crippen LogP contribution in [0.3, 0.4) is 0 Å². The van der Waals surface area contributed by atoms with Gasteiger partial charge in [0.25, 0.3) is 0 Å². The van der Waals surface area contributed by atoms with Crippen molar-refractivity contribution in [1.29, 1.82) is 0 Å². The molecule has 212 valence electrons. The minimum atomic E-state index is -0.706. The Morgan fingerprint density at radius 1 is 1.18 bits per heavy atom. The zero-order chi connectivity index (χ0) is 28.5. The minimum absolute atomic E-state index is 0.00837. The van der Waals surface area contributed by atoms with Crippen LogP contribution in [0.15, 0.2) is 46.6 Å². The van der Waals surface area contributed by atoms with E-state index < -0.39 is 22.5 Å². The van der Waals surface area contributed by atoms with E-state index in [0.717, 1.165) is 23.1 Å². The zero-order valence-electron chi connectivity index (χ0n) is 24.2. The van der Waals surface area contributed by atoms with E-state index in [0.29, 0.717) is 31.3 Å². The van der Waals surface area contributed by atoms with Crippen molar-refractivity contribution < 1.29 is 33.7 Å². The Hall–Kier alpha value is -2.67. The Morgan fingerprint density at radius 2 is 1.90 bits per heavy atom. The van der Waals surface area contributed by atoms with E-state index in [9.17, 15) is 19.5 Å². The zero-order valence-corrected chi connectivity index (χ0v) is 24.2. The third-order valence-corrected chi connectivity index (χ3v) is 10.9. The third kappa shape index (κ3) is 4.32. The van der Waals surface area contributed by atoms with Crippen molar-refractivity contribution in [1.82, 2.24) is 0 Å². The van der Waals surface area contributed by atoms with Crippen molar-refractivity contribution in [2.75, 3.05) is 0 Å². The van der Waals surface area contributed by atoms with Gasteiger partial charge in [-0.25, -0.2) is 9.59 Å². The predicted molar refractivity (Wildman–Crippen MR) is 145 cm³/mol. The highest BCUT2D eigenvalue weighted by Crippen LogP contribution is 2.69. The van der Waals surface area contributed by atoms with Crippen LogP contribution in [0.4, 0.5) is 0 Å². The maximum absolute atomic E-state index is 12.4. The van der Waals surface area contributed by atoms with Gasteiger partial charge in [0.15, 0.2) is 0 Å². The van der Waals surface area contributed by atoms with Crippen LogP contribution in [0.5, 0.6) is 0 Å². The lowest BCUT2D eigenvalue weighted by Gasteiger charge is -2.54. The number of ether oxygens (including phenoxy) is 3. The number of hydrogen-bond donors (Lipinski definition) is 1. The van der Waals surface area contributed by atoms with Gasteiger partial charge in [-0.1, -0.05) is 44.6 Å². The summed E-state index contributed by atoms with van der Waals surface area (Å²) in [4.78, 5) is 37.1.